The maximum Gasteiger partial charge on any atom is 0.0649 e. The van der Waals surface area contributed by atoms with Crippen LogP contribution in [0.15, 0.2) is 15.7 Å². The largest absolute Gasteiger partial charge is 0.380 e. The van der Waals surface area contributed by atoms with Crippen molar-refractivity contribution in [1.29, 1.82) is 0 Å². The van der Waals surface area contributed by atoms with Crippen LogP contribution in [-0.2, 0) is 4.74 Å². The Morgan fingerprint density at radius 2 is 2.44 bits per heavy atom. The first-order chi connectivity index (χ1) is 7.81. The fourth-order valence-corrected chi connectivity index (χ4v) is 4.56. The molecule has 1 aliphatic rings. The summed E-state index contributed by atoms with van der Waals surface area (Å²) in [5.41, 5.74) is 1.49. The Morgan fingerprint density at radius 1 is 1.56 bits per heavy atom. The molecule has 0 saturated carbocycles. The van der Waals surface area contributed by atoms with E-state index in [2.05, 4.69) is 23.7 Å². The Kier molecular flexibility index (Phi) is 4.70. The molecule has 1 aromatic rings. The van der Waals surface area contributed by atoms with Crippen molar-refractivity contribution in [3.05, 3.63) is 17.0 Å². The van der Waals surface area contributed by atoms with Crippen molar-refractivity contribution < 1.29 is 4.74 Å². The number of hydrogen-bond donors (Lipinski definition) is 1. The molecule has 2 atom stereocenters. The van der Waals surface area contributed by atoms with Gasteiger partial charge in [0.05, 0.1) is 10.8 Å². The second-order valence-electron chi connectivity index (χ2n) is 4.03. The van der Waals surface area contributed by atoms with Gasteiger partial charge >= 0.3 is 0 Å². The van der Waals surface area contributed by atoms with Crippen LogP contribution in [0.3, 0.4) is 0 Å². The van der Waals surface area contributed by atoms with Crippen LogP contribution in [0.4, 0.5) is 0 Å². The van der Waals surface area contributed by atoms with Gasteiger partial charge in [-0.3, -0.25) is 0 Å². The lowest BCUT2D eigenvalue weighted by molar-refractivity contribution is 0.146. The van der Waals surface area contributed by atoms with Gasteiger partial charge in [0.15, 0.2) is 0 Å². The van der Waals surface area contributed by atoms with Crippen molar-refractivity contribution in [2.75, 3.05) is 19.8 Å². The van der Waals surface area contributed by atoms with E-state index in [0.29, 0.717) is 6.04 Å². The normalized spacial score (nSPS) is 24.4. The molecule has 1 N–H and O–H groups in total. The Bertz CT molecular complexity index is 327. The van der Waals surface area contributed by atoms with Gasteiger partial charge in [-0.2, -0.15) is 0 Å². The van der Waals surface area contributed by atoms with E-state index in [1.165, 1.54) is 16.2 Å². The molecule has 1 unspecified atom stereocenters. The summed E-state index contributed by atoms with van der Waals surface area (Å²) in [6.07, 6.45) is 1.22. The summed E-state index contributed by atoms with van der Waals surface area (Å²) in [5.74, 6) is 0. The molecule has 1 aliphatic heterocycles. The summed E-state index contributed by atoms with van der Waals surface area (Å²) in [6, 6.07) is 2.79. The molecule has 0 amide bonds. The molecule has 0 saturated heterocycles. The lowest BCUT2D eigenvalue weighted by Gasteiger charge is -2.27. The van der Waals surface area contributed by atoms with Crippen molar-refractivity contribution in [2.45, 2.75) is 35.8 Å². The van der Waals surface area contributed by atoms with Crippen LogP contribution in [0.1, 0.15) is 31.9 Å². The fraction of sp³-hybridized carbons (Fsp3) is 0.667. The van der Waals surface area contributed by atoms with Crippen molar-refractivity contribution in [3.8, 4) is 0 Å². The number of hydrogen-bond acceptors (Lipinski definition) is 4. The third-order valence-corrected chi connectivity index (χ3v) is 5.09. The summed E-state index contributed by atoms with van der Waals surface area (Å²) in [7, 11) is 0. The zero-order chi connectivity index (χ0) is 11.4. The van der Waals surface area contributed by atoms with Gasteiger partial charge in [0.1, 0.15) is 0 Å². The molecule has 0 aliphatic carbocycles. The van der Waals surface area contributed by atoms with Crippen LogP contribution < -0.4 is 5.32 Å². The van der Waals surface area contributed by atoms with E-state index in [1.54, 1.807) is 0 Å². The van der Waals surface area contributed by atoms with Crippen molar-refractivity contribution >= 4 is 23.1 Å². The predicted octanol–water partition coefficient (Wildman–Crippen LogP) is 3.30. The maximum absolute atomic E-state index is 5.36. The number of ether oxygens (including phenoxy) is 1. The molecule has 0 spiro atoms. The van der Waals surface area contributed by atoms with Crippen LogP contribution in [0.2, 0.25) is 0 Å². The topological polar surface area (TPSA) is 21.3 Å². The van der Waals surface area contributed by atoms with Gasteiger partial charge in [-0.15, -0.1) is 23.1 Å². The minimum atomic E-state index is 0.526. The SMILES string of the molecule is CCOCCNC1C[C@H](C)Sc2sccc21. The molecule has 0 aromatic carbocycles. The standard InChI is InChI=1S/C12H19NOS2/c1-3-14-6-5-13-11-8-9(2)16-12-10(11)4-7-15-12/h4,7,9,11,13H,3,5-6,8H2,1-2H3/t9-,11?/m0/s1. The summed E-state index contributed by atoms with van der Waals surface area (Å²) < 4.78 is 6.85. The molecule has 90 valence electrons. The third kappa shape index (κ3) is 3.00. The molecule has 16 heavy (non-hydrogen) atoms. The molecule has 0 fully saturated rings. The van der Waals surface area contributed by atoms with Crippen LogP contribution in [0.5, 0.6) is 0 Å². The Morgan fingerprint density at radius 3 is 3.25 bits per heavy atom. The average Bonchev–Trinajstić information content (AvgIpc) is 2.72. The van der Waals surface area contributed by atoms with Gasteiger partial charge in [-0.1, -0.05) is 6.92 Å². The number of rotatable bonds is 5. The highest BCUT2D eigenvalue weighted by Crippen LogP contribution is 2.43. The van der Waals surface area contributed by atoms with Crippen LogP contribution in [-0.4, -0.2) is 25.0 Å². The molecular weight excluding hydrogens is 238 g/mol. The van der Waals surface area contributed by atoms with Crippen LogP contribution in [0.25, 0.3) is 0 Å². The molecule has 4 heteroatoms. The van der Waals surface area contributed by atoms with Crippen molar-refractivity contribution in [3.63, 3.8) is 0 Å². The number of nitrogens with one attached hydrogen (secondary N) is 1. The quantitative estimate of drug-likeness (QED) is 0.818. The van der Waals surface area contributed by atoms with E-state index in [0.717, 1.165) is 25.0 Å². The van der Waals surface area contributed by atoms with Crippen LogP contribution in [0, 0.1) is 0 Å². The van der Waals surface area contributed by atoms with E-state index >= 15 is 0 Å². The monoisotopic (exact) mass is 257 g/mol. The van der Waals surface area contributed by atoms with E-state index in [-0.39, 0.29) is 0 Å². The molecule has 2 nitrogen and oxygen atoms in total. The highest BCUT2D eigenvalue weighted by molar-refractivity contribution is 8.01. The van der Waals surface area contributed by atoms with Gasteiger partial charge in [0, 0.05) is 24.4 Å². The second kappa shape index (κ2) is 6.05. The first-order valence-corrected chi connectivity index (χ1v) is 7.62. The van der Waals surface area contributed by atoms with E-state index in [4.69, 9.17) is 4.74 Å². The summed E-state index contributed by atoms with van der Waals surface area (Å²) in [4.78, 5) is 0. The third-order valence-electron chi connectivity index (χ3n) is 2.75. The first kappa shape index (κ1) is 12.4. The Labute approximate surface area is 106 Å². The first-order valence-electron chi connectivity index (χ1n) is 5.86. The minimum Gasteiger partial charge on any atom is -0.380 e. The molecule has 0 bridgehead atoms. The molecule has 0 radical (unpaired) electrons. The van der Waals surface area contributed by atoms with Gasteiger partial charge in [0.2, 0.25) is 0 Å². The van der Waals surface area contributed by atoms with Gasteiger partial charge in [-0.25, -0.2) is 0 Å². The number of fused-ring (bicyclic) bond motifs is 1. The lowest BCUT2D eigenvalue weighted by atomic mass is 10.1. The second-order valence-corrected chi connectivity index (χ2v) is 6.65. The Balaban J connectivity index is 1.90. The van der Waals surface area contributed by atoms with E-state index in [9.17, 15) is 0 Å². The fourth-order valence-electron chi connectivity index (χ4n) is 1.99. The summed E-state index contributed by atoms with van der Waals surface area (Å²) >= 11 is 3.88. The summed E-state index contributed by atoms with van der Waals surface area (Å²) in [5, 5.41) is 6.52. The number of thioether (sulfide) groups is 1. The molecule has 2 heterocycles. The van der Waals surface area contributed by atoms with Crippen LogP contribution >= 0.6 is 23.1 Å². The van der Waals surface area contributed by atoms with E-state index in [1.807, 2.05) is 30.0 Å². The summed E-state index contributed by atoms with van der Waals surface area (Å²) in [6.45, 7) is 6.92. The maximum atomic E-state index is 5.36. The van der Waals surface area contributed by atoms with Crippen molar-refractivity contribution in [2.24, 2.45) is 0 Å². The lowest BCUT2D eigenvalue weighted by Crippen LogP contribution is -2.29. The number of thiophene rings is 1. The molecular formula is C12H19NOS2. The highest BCUT2D eigenvalue weighted by Gasteiger charge is 2.25. The predicted molar refractivity (Wildman–Crippen MR) is 71.5 cm³/mol. The zero-order valence-electron chi connectivity index (χ0n) is 9.86. The van der Waals surface area contributed by atoms with E-state index < -0.39 is 0 Å². The van der Waals surface area contributed by atoms with Gasteiger partial charge in [-0.05, 0) is 30.4 Å². The van der Waals surface area contributed by atoms with Crippen molar-refractivity contribution in [1.82, 2.24) is 5.32 Å². The smallest absolute Gasteiger partial charge is 0.0649 e. The van der Waals surface area contributed by atoms with Gasteiger partial charge < -0.3 is 10.1 Å². The molecule has 1 aromatic heterocycles. The average molecular weight is 257 g/mol. The molecule has 2 rings (SSSR count). The Hall–Kier alpha value is -0.0300. The van der Waals surface area contributed by atoms with Gasteiger partial charge in [0.25, 0.3) is 0 Å². The zero-order valence-corrected chi connectivity index (χ0v) is 11.5. The highest BCUT2D eigenvalue weighted by atomic mass is 32.2. The minimum absolute atomic E-state index is 0.526.